The average Bonchev–Trinajstić information content (AvgIpc) is 2.74. The summed E-state index contributed by atoms with van der Waals surface area (Å²) in [6.45, 7) is 2.93. The Balaban J connectivity index is 1.91. The summed E-state index contributed by atoms with van der Waals surface area (Å²) in [6, 6.07) is 0. The molecule has 1 atom stereocenters. The quantitative estimate of drug-likeness (QED) is 0.842. The minimum atomic E-state index is -0.262. The molecule has 1 aliphatic rings. The van der Waals surface area contributed by atoms with Gasteiger partial charge in [-0.05, 0) is 19.8 Å². The van der Waals surface area contributed by atoms with Gasteiger partial charge in [-0.1, -0.05) is 18.2 Å². The predicted molar refractivity (Wildman–Crippen MR) is 79.0 cm³/mol. The van der Waals surface area contributed by atoms with Gasteiger partial charge in [-0.3, -0.25) is 9.59 Å². The number of nitrogens with one attached hydrogen (secondary N) is 1. The average molecular weight is 314 g/mol. The van der Waals surface area contributed by atoms with Gasteiger partial charge in [0.2, 0.25) is 5.91 Å². The van der Waals surface area contributed by atoms with Gasteiger partial charge >= 0.3 is 5.97 Å². The van der Waals surface area contributed by atoms with E-state index in [2.05, 4.69) is 10.3 Å². The van der Waals surface area contributed by atoms with E-state index >= 15 is 0 Å². The first-order valence-electron chi connectivity index (χ1n) is 6.73. The van der Waals surface area contributed by atoms with Crippen molar-refractivity contribution >= 4 is 35.0 Å². The Bertz CT molecular complexity index is 476. The van der Waals surface area contributed by atoms with Crippen LogP contribution in [0.1, 0.15) is 31.9 Å². The van der Waals surface area contributed by atoms with Crippen LogP contribution in [0.3, 0.4) is 0 Å². The fourth-order valence-electron chi connectivity index (χ4n) is 1.93. The normalized spacial score (nSPS) is 19.2. The molecule has 110 valence electrons. The molecule has 0 aliphatic carbocycles. The van der Waals surface area contributed by atoms with E-state index in [1.54, 1.807) is 6.92 Å². The van der Waals surface area contributed by atoms with Gasteiger partial charge in [0, 0.05) is 11.9 Å². The number of carbonyl (C=O) groups is 2. The smallest absolute Gasteiger partial charge is 0.311 e. The number of carbonyl (C=O) groups excluding carboxylic acids is 2. The molecular formula is C13H18N2O3S2. The Kier molecular flexibility index (Phi) is 5.85. The lowest BCUT2D eigenvalue weighted by Gasteiger charge is -2.09. The van der Waals surface area contributed by atoms with Crippen LogP contribution in [-0.2, 0) is 20.7 Å². The van der Waals surface area contributed by atoms with E-state index in [9.17, 15) is 9.59 Å². The number of thioether (sulfide) groups is 1. The first-order valence-corrected chi connectivity index (χ1v) is 8.49. The van der Waals surface area contributed by atoms with Crippen molar-refractivity contribution < 1.29 is 14.3 Å². The maximum absolute atomic E-state index is 11.9. The molecule has 2 heterocycles. The maximum Gasteiger partial charge on any atom is 0.311 e. The molecule has 0 spiro atoms. The van der Waals surface area contributed by atoms with Crippen LogP contribution in [-0.4, -0.2) is 35.3 Å². The molecule has 0 bridgehead atoms. The van der Waals surface area contributed by atoms with E-state index in [1.165, 1.54) is 23.1 Å². The van der Waals surface area contributed by atoms with Crippen LogP contribution >= 0.6 is 23.1 Å². The number of aromatic nitrogens is 1. The van der Waals surface area contributed by atoms with E-state index in [4.69, 9.17) is 4.74 Å². The maximum atomic E-state index is 11.9. The lowest BCUT2D eigenvalue weighted by molar-refractivity contribution is -0.142. The third-order valence-corrected chi connectivity index (χ3v) is 5.18. The van der Waals surface area contributed by atoms with E-state index in [0.717, 1.165) is 30.1 Å². The fraction of sp³-hybridized carbons (Fsp3) is 0.615. The molecule has 0 aromatic carbocycles. The van der Waals surface area contributed by atoms with Crippen molar-refractivity contribution in [3.63, 3.8) is 0 Å². The van der Waals surface area contributed by atoms with Crippen molar-refractivity contribution in [2.24, 2.45) is 0 Å². The number of ether oxygens (including phenoxy) is 1. The molecule has 1 amide bonds. The van der Waals surface area contributed by atoms with E-state index in [-0.39, 0.29) is 23.5 Å². The zero-order valence-electron chi connectivity index (χ0n) is 11.4. The Hall–Kier alpha value is -1.08. The van der Waals surface area contributed by atoms with Crippen molar-refractivity contribution in [2.75, 3.05) is 13.2 Å². The number of thiazole rings is 1. The number of esters is 1. The number of rotatable bonds is 5. The van der Waals surface area contributed by atoms with Crippen LogP contribution < -0.4 is 5.32 Å². The van der Waals surface area contributed by atoms with Gasteiger partial charge in [0.1, 0.15) is 0 Å². The molecule has 1 saturated heterocycles. The minimum absolute atomic E-state index is 0.0703. The molecule has 1 N–H and O–H groups in total. The van der Waals surface area contributed by atoms with Crippen LogP contribution in [0.15, 0.2) is 9.72 Å². The van der Waals surface area contributed by atoms with Crippen molar-refractivity contribution in [3.05, 3.63) is 11.1 Å². The zero-order valence-corrected chi connectivity index (χ0v) is 13.0. The van der Waals surface area contributed by atoms with E-state index in [1.807, 2.05) is 5.38 Å². The van der Waals surface area contributed by atoms with E-state index in [0.29, 0.717) is 12.3 Å². The van der Waals surface area contributed by atoms with Crippen LogP contribution in [0.25, 0.3) is 0 Å². The second-order valence-corrected chi connectivity index (χ2v) is 6.79. The van der Waals surface area contributed by atoms with Crippen LogP contribution in [0.2, 0.25) is 0 Å². The molecule has 20 heavy (non-hydrogen) atoms. The van der Waals surface area contributed by atoms with Crippen LogP contribution in [0.5, 0.6) is 0 Å². The first kappa shape index (κ1) is 15.3. The predicted octanol–water partition coefficient (Wildman–Crippen LogP) is 2.01. The van der Waals surface area contributed by atoms with Crippen LogP contribution in [0.4, 0.5) is 0 Å². The Labute approximate surface area is 126 Å². The van der Waals surface area contributed by atoms with Gasteiger partial charge in [-0.25, -0.2) is 4.98 Å². The second-order valence-electron chi connectivity index (χ2n) is 4.48. The summed E-state index contributed by atoms with van der Waals surface area (Å²) in [5.74, 6) is -0.170. The largest absolute Gasteiger partial charge is 0.466 e. The lowest BCUT2D eigenvalue weighted by atomic mass is 10.2. The lowest BCUT2D eigenvalue weighted by Crippen LogP contribution is -2.30. The summed E-state index contributed by atoms with van der Waals surface area (Å²) in [5.41, 5.74) is 0.713. The van der Waals surface area contributed by atoms with Gasteiger partial charge in [0.15, 0.2) is 4.34 Å². The molecule has 1 aromatic heterocycles. The molecule has 1 fully saturated rings. The minimum Gasteiger partial charge on any atom is -0.466 e. The van der Waals surface area contributed by atoms with Crippen molar-refractivity contribution in [1.82, 2.24) is 10.3 Å². The molecule has 5 nitrogen and oxygen atoms in total. The molecule has 7 heteroatoms. The molecular weight excluding hydrogens is 296 g/mol. The highest BCUT2D eigenvalue weighted by Gasteiger charge is 2.23. The summed E-state index contributed by atoms with van der Waals surface area (Å²) >= 11 is 2.97. The highest BCUT2D eigenvalue weighted by molar-refractivity contribution is 8.02. The van der Waals surface area contributed by atoms with Gasteiger partial charge < -0.3 is 10.1 Å². The third-order valence-electron chi connectivity index (χ3n) is 2.89. The van der Waals surface area contributed by atoms with Crippen LogP contribution in [0, 0.1) is 0 Å². The summed E-state index contributed by atoms with van der Waals surface area (Å²) in [6.07, 6.45) is 3.16. The van der Waals surface area contributed by atoms with Gasteiger partial charge in [0.05, 0.1) is 24.0 Å². The molecule has 0 saturated carbocycles. The van der Waals surface area contributed by atoms with Crippen molar-refractivity contribution in [2.45, 2.75) is 42.2 Å². The zero-order chi connectivity index (χ0) is 14.4. The number of nitrogens with zero attached hydrogens (tertiary/aromatic N) is 1. The monoisotopic (exact) mass is 314 g/mol. The highest BCUT2D eigenvalue weighted by Crippen LogP contribution is 2.30. The number of hydrogen-bond donors (Lipinski definition) is 1. The summed E-state index contributed by atoms with van der Waals surface area (Å²) < 4.78 is 5.73. The van der Waals surface area contributed by atoms with Crippen molar-refractivity contribution in [1.29, 1.82) is 0 Å². The van der Waals surface area contributed by atoms with Gasteiger partial charge in [-0.15, -0.1) is 11.3 Å². The van der Waals surface area contributed by atoms with E-state index < -0.39 is 0 Å². The standard InChI is InChI=1S/C13H18N2O3S2/c1-2-18-11(16)7-9-8-19-13(15-9)20-10-5-3-4-6-14-12(10)17/h8,10H,2-7H2,1H3,(H,14,17)/t10-/m0/s1. The summed E-state index contributed by atoms with van der Waals surface area (Å²) in [4.78, 5) is 27.6. The highest BCUT2D eigenvalue weighted by atomic mass is 32.2. The molecule has 2 rings (SSSR count). The Morgan fingerprint density at radius 2 is 2.45 bits per heavy atom. The SMILES string of the molecule is CCOC(=O)Cc1csc(S[C@H]2CCCCNC2=O)n1. The summed E-state index contributed by atoms with van der Waals surface area (Å²) in [7, 11) is 0. The van der Waals surface area contributed by atoms with Gasteiger partial charge in [0.25, 0.3) is 0 Å². The van der Waals surface area contributed by atoms with Crippen molar-refractivity contribution in [3.8, 4) is 0 Å². The van der Waals surface area contributed by atoms with Gasteiger partial charge in [-0.2, -0.15) is 0 Å². The Morgan fingerprint density at radius 3 is 3.25 bits per heavy atom. The second kappa shape index (κ2) is 7.64. The fourth-order valence-corrected chi connectivity index (χ4v) is 4.08. The third kappa shape index (κ3) is 4.49. The number of amides is 1. The number of hydrogen-bond acceptors (Lipinski definition) is 6. The molecule has 1 aromatic rings. The molecule has 0 unspecified atom stereocenters. The topological polar surface area (TPSA) is 68.3 Å². The molecule has 1 aliphatic heterocycles. The molecule has 0 radical (unpaired) electrons. The Morgan fingerprint density at radius 1 is 1.60 bits per heavy atom. The summed E-state index contributed by atoms with van der Waals surface area (Å²) in [5, 5.41) is 4.70. The first-order chi connectivity index (χ1) is 9.69.